The highest BCUT2D eigenvalue weighted by Crippen LogP contribution is 2.66. The molecule has 13 rings (SSSR count). The number of hydrogen-bond donors (Lipinski definition) is 2. The summed E-state index contributed by atoms with van der Waals surface area (Å²) in [6, 6.07) is 0.724. The summed E-state index contributed by atoms with van der Waals surface area (Å²) in [5.41, 5.74) is -0.854. The molecule has 6 aliphatic heterocycles. The van der Waals surface area contributed by atoms with Gasteiger partial charge in [-0.2, -0.15) is 0 Å². The molecule has 71 heavy (non-hydrogen) atoms. The highest BCUT2D eigenvalue weighted by molar-refractivity contribution is 7.04. The van der Waals surface area contributed by atoms with Gasteiger partial charge in [0.25, 0.3) is 0 Å². The molecule has 0 spiro atoms. The molecule has 6 heterocycles. The fraction of sp³-hybridized carbons (Fsp3) is 1.00. The third-order valence-corrected chi connectivity index (χ3v) is 62.4. The van der Waals surface area contributed by atoms with Gasteiger partial charge in [-0.1, -0.05) is 96.8 Å². The zero-order chi connectivity index (χ0) is 48.7. The van der Waals surface area contributed by atoms with E-state index in [0.29, 0.717) is 19.4 Å². The van der Waals surface area contributed by atoms with E-state index in [9.17, 15) is 10.2 Å². The van der Waals surface area contributed by atoms with E-state index in [1.807, 2.05) is 6.92 Å². The second kappa shape index (κ2) is 20.4. The van der Waals surface area contributed by atoms with Crippen molar-refractivity contribution in [3.63, 3.8) is 0 Å². The van der Waals surface area contributed by atoms with E-state index in [1.54, 1.807) is 0 Å². The average Bonchev–Trinajstić information content (AvgIpc) is 4.19. The van der Waals surface area contributed by atoms with Gasteiger partial charge in [-0.15, -0.1) is 0 Å². The minimum Gasteiger partial charge on any atom is -0.396 e. The number of ether oxygens (including phenoxy) is 1. The van der Waals surface area contributed by atoms with Gasteiger partial charge in [0.15, 0.2) is 8.32 Å². The molecule has 13 aliphatic rings. The van der Waals surface area contributed by atoms with Crippen LogP contribution in [0.25, 0.3) is 0 Å². The molecule has 0 radical (unpaired) electrons. The molecule has 0 aromatic carbocycles. The Morgan fingerprint density at radius 3 is 0.873 bits per heavy atom. The molecule has 404 valence electrons. The van der Waals surface area contributed by atoms with Crippen molar-refractivity contribution in [2.45, 2.75) is 257 Å². The van der Waals surface area contributed by atoms with Crippen molar-refractivity contribution in [1.82, 2.24) is 0 Å². The summed E-state index contributed by atoms with van der Waals surface area (Å²) in [5.74, 6) is 0. The smallest absolute Gasteiger partial charge is 0.396 e. The summed E-state index contributed by atoms with van der Waals surface area (Å²) >= 11 is 0. The van der Waals surface area contributed by atoms with Crippen LogP contribution >= 0.6 is 0 Å². The number of aliphatic hydroxyl groups is 2. The van der Waals surface area contributed by atoms with Gasteiger partial charge in [-0.3, -0.25) is 0 Å². The van der Waals surface area contributed by atoms with Gasteiger partial charge in [0, 0.05) is 50.8 Å². The first-order chi connectivity index (χ1) is 34.3. The van der Waals surface area contributed by atoms with Gasteiger partial charge in [-0.25, -0.2) is 0 Å². The Kier molecular flexibility index (Phi) is 15.3. The fourth-order valence-electron chi connectivity index (χ4n) is 15.3. The van der Waals surface area contributed by atoms with E-state index >= 15 is 0 Å². The lowest BCUT2D eigenvalue weighted by Crippen LogP contribution is -2.91. The summed E-state index contributed by atoms with van der Waals surface area (Å²) in [6.45, 7) is 6.99. The molecular weight excluding hydrogens is 1060 g/mol. The summed E-state index contributed by atoms with van der Waals surface area (Å²) < 4.78 is 116. The van der Waals surface area contributed by atoms with Crippen LogP contribution in [0.4, 0.5) is 0 Å². The van der Waals surface area contributed by atoms with Crippen molar-refractivity contribution < 1.29 is 68.4 Å². The minimum atomic E-state index is -4.59. The quantitative estimate of drug-likeness (QED) is 0.0981. The van der Waals surface area contributed by atoms with Crippen LogP contribution < -0.4 is 0 Å². The molecule has 0 amide bonds. The van der Waals surface area contributed by atoms with Crippen molar-refractivity contribution in [2.24, 2.45) is 5.41 Å². The largest absolute Gasteiger partial charge is 0.646 e. The van der Waals surface area contributed by atoms with Crippen molar-refractivity contribution in [1.29, 1.82) is 0 Å². The number of aliphatic hydroxyl groups excluding tert-OH is 2. The van der Waals surface area contributed by atoms with Crippen molar-refractivity contribution in [3.05, 3.63) is 0 Å². The fourth-order valence-corrected chi connectivity index (χ4v) is 74.3. The summed E-state index contributed by atoms with van der Waals surface area (Å²) in [6.07, 6.45) is 29.1. The molecular formula is C46H88O16Si9. The van der Waals surface area contributed by atoms with Crippen molar-refractivity contribution in [3.8, 4) is 0 Å². The van der Waals surface area contributed by atoms with E-state index < -0.39 is 84.4 Å². The van der Waals surface area contributed by atoms with Crippen LogP contribution in [0.2, 0.25) is 57.9 Å². The van der Waals surface area contributed by atoms with Crippen LogP contribution in [0, 0.1) is 5.41 Å². The first-order valence-corrected chi connectivity index (χ1v) is 46.6. The summed E-state index contributed by atoms with van der Waals surface area (Å²) in [5, 5.41) is 20.4. The van der Waals surface area contributed by atoms with Gasteiger partial charge in [0.1, 0.15) is 0 Å². The molecule has 0 aromatic heterocycles. The summed E-state index contributed by atoms with van der Waals surface area (Å²) in [7, 11) is -35.9. The lowest BCUT2D eigenvalue weighted by atomic mass is 9.88. The van der Waals surface area contributed by atoms with Crippen LogP contribution in [0.5, 0.6) is 0 Å². The maximum Gasteiger partial charge on any atom is 0.646 e. The molecule has 0 unspecified atom stereocenters. The van der Waals surface area contributed by atoms with Crippen LogP contribution in [0.15, 0.2) is 0 Å². The number of rotatable bonds is 18. The van der Waals surface area contributed by atoms with Crippen LogP contribution in [-0.2, 0) is 58.2 Å². The second-order valence-electron chi connectivity index (χ2n) is 25.0. The molecule has 0 atom stereocenters. The van der Waals surface area contributed by atoms with E-state index in [1.165, 1.54) is 0 Å². The van der Waals surface area contributed by atoms with Crippen molar-refractivity contribution in [2.75, 3.05) is 26.4 Å². The Hall–Kier alpha value is 1.31. The SMILES string of the molecule is CCC(CO)(CO)COCCC[Si](C)(C)O[Si]12O[Si]3(C4CCCC4)O[Si]4(C5CCCC5)O[Si](C5CCCC5)(O1)O[Si]1(C5CCCC5)O[Si](C5CCCC5)(O2)O[Si](C2CCCC2)(O3)O[Si](C2CCCC2)(O4)O1. The van der Waals surface area contributed by atoms with Crippen LogP contribution in [0.3, 0.4) is 0 Å². The minimum absolute atomic E-state index is 0.00479. The first kappa shape index (κ1) is 53.0. The zero-order valence-corrected chi connectivity index (χ0v) is 52.4. The van der Waals surface area contributed by atoms with E-state index in [0.717, 1.165) is 186 Å². The van der Waals surface area contributed by atoms with Gasteiger partial charge in [-0.05, 0) is 122 Å². The predicted molar refractivity (Wildman–Crippen MR) is 280 cm³/mol. The first-order valence-electron chi connectivity index (χ1n) is 29.2. The lowest BCUT2D eigenvalue weighted by molar-refractivity contribution is -0.0612. The van der Waals surface area contributed by atoms with Crippen LogP contribution in [0.1, 0.15) is 200 Å². The highest BCUT2D eigenvalue weighted by Gasteiger charge is 2.89. The lowest BCUT2D eigenvalue weighted by Gasteiger charge is -2.66. The molecule has 7 saturated carbocycles. The molecule has 16 nitrogen and oxygen atoms in total. The highest BCUT2D eigenvalue weighted by atomic mass is 28.6. The molecule has 13 fully saturated rings. The standard InChI is InChI=1S/C46H88O16Si9/c1-4-46(36-47,37-48)38-49-34-19-35-63(2,3)50-71-60-68(43-28-13-14-29-43)54-65(40-22-7-8-23-40)51-64(39-20-5-6-21-39)52-66(56-68,41-24-9-10-25-41)58-70(62-71,45-32-17-18-33-45)59-67(53-64,42-26-11-12-27-42)57-69(55-65,61-71)44-30-15-16-31-44/h39-45,47-48H,4-38H2,1-3H3. The topological polar surface area (TPSA) is 170 Å². The Balaban J connectivity index is 1.08. The molecule has 0 aromatic rings. The Bertz CT molecular complexity index is 1660. The Morgan fingerprint density at radius 2 is 0.648 bits per heavy atom. The maximum atomic E-state index is 10.2. The zero-order valence-electron chi connectivity index (χ0n) is 43.4. The summed E-state index contributed by atoms with van der Waals surface area (Å²) in [4.78, 5) is 0. The van der Waals surface area contributed by atoms with E-state index in [2.05, 4.69) is 13.1 Å². The monoisotopic (exact) mass is 1150 g/mol. The van der Waals surface area contributed by atoms with Gasteiger partial charge < -0.3 is 68.4 Å². The third-order valence-electron chi connectivity index (χ3n) is 19.6. The third kappa shape index (κ3) is 9.56. The molecule has 2 N–H and O–H groups in total. The normalized spacial score (nSPS) is 43.6. The van der Waals surface area contributed by atoms with E-state index in [4.69, 9.17) is 58.2 Å². The van der Waals surface area contributed by atoms with Crippen molar-refractivity contribution >= 4 is 79.0 Å². The molecule has 8 bridgehead atoms. The number of hydrogen-bond acceptors (Lipinski definition) is 16. The Labute approximate surface area is 434 Å². The van der Waals surface area contributed by atoms with Gasteiger partial charge in [0.2, 0.25) is 0 Å². The molecule has 6 saturated heterocycles. The van der Waals surface area contributed by atoms with Gasteiger partial charge in [0.05, 0.1) is 19.8 Å². The molecule has 25 heteroatoms. The predicted octanol–water partition coefficient (Wildman–Crippen LogP) is 10.9. The second-order valence-corrected chi connectivity index (χ2v) is 54.8. The molecule has 7 aliphatic carbocycles. The van der Waals surface area contributed by atoms with Crippen LogP contribution in [-0.4, -0.2) is 116 Å². The average molecular weight is 1150 g/mol. The maximum absolute atomic E-state index is 10.2. The van der Waals surface area contributed by atoms with Gasteiger partial charge >= 0.3 is 70.7 Å². The Morgan fingerprint density at radius 1 is 0.408 bits per heavy atom. The van der Waals surface area contributed by atoms with E-state index in [-0.39, 0.29) is 58.6 Å².